The third-order valence-corrected chi connectivity index (χ3v) is 2.36. The molecule has 1 saturated heterocycles. The molecule has 1 atom stereocenters. The Hall–Kier alpha value is -1.75. The standard InChI is InChI=1S/C10H12N2O3/c11-5-8-6-15-10(14)12(8)7-1-3-9(13)4-2-7/h1-4,8,13H,5-6,11H2. The van der Waals surface area contributed by atoms with Gasteiger partial charge in [0, 0.05) is 12.2 Å². The highest BCUT2D eigenvalue weighted by molar-refractivity contribution is 5.90. The number of phenols is 1. The predicted molar refractivity (Wildman–Crippen MR) is 54.8 cm³/mol. The summed E-state index contributed by atoms with van der Waals surface area (Å²) < 4.78 is 4.90. The van der Waals surface area contributed by atoms with Gasteiger partial charge in [-0.3, -0.25) is 4.90 Å². The van der Waals surface area contributed by atoms with E-state index in [0.717, 1.165) is 0 Å². The van der Waals surface area contributed by atoms with Gasteiger partial charge in [0.25, 0.3) is 0 Å². The first kappa shape index (κ1) is 9.79. The highest BCUT2D eigenvalue weighted by Crippen LogP contribution is 2.24. The molecule has 1 fully saturated rings. The van der Waals surface area contributed by atoms with E-state index in [1.807, 2.05) is 0 Å². The third kappa shape index (κ3) is 1.73. The fourth-order valence-electron chi connectivity index (χ4n) is 1.56. The molecule has 0 saturated carbocycles. The van der Waals surface area contributed by atoms with E-state index < -0.39 is 6.09 Å². The van der Waals surface area contributed by atoms with E-state index in [2.05, 4.69) is 0 Å². The van der Waals surface area contributed by atoms with Crippen LogP contribution in [0.1, 0.15) is 0 Å². The summed E-state index contributed by atoms with van der Waals surface area (Å²) in [7, 11) is 0. The molecule has 1 aliphatic heterocycles. The van der Waals surface area contributed by atoms with Crippen LogP contribution in [0.3, 0.4) is 0 Å². The van der Waals surface area contributed by atoms with Crippen molar-refractivity contribution < 1.29 is 14.6 Å². The number of nitrogens with zero attached hydrogens (tertiary/aromatic N) is 1. The molecule has 5 heteroatoms. The Kier molecular flexibility index (Phi) is 2.47. The Morgan fingerprint density at radius 3 is 2.73 bits per heavy atom. The molecule has 1 unspecified atom stereocenters. The summed E-state index contributed by atoms with van der Waals surface area (Å²) in [5, 5.41) is 9.13. The van der Waals surface area contributed by atoms with Crippen LogP contribution in [0.5, 0.6) is 5.75 Å². The van der Waals surface area contributed by atoms with Crippen LogP contribution in [0.4, 0.5) is 10.5 Å². The van der Waals surface area contributed by atoms with E-state index in [9.17, 15) is 4.79 Å². The first-order chi connectivity index (χ1) is 7.22. The van der Waals surface area contributed by atoms with Gasteiger partial charge in [-0.25, -0.2) is 4.79 Å². The zero-order valence-electron chi connectivity index (χ0n) is 8.09. The maximum Gasteiger partial charge on any atom is 0.414 e. The maximum atomic E-state index is 11.4. The fraction of sp³-hybridized carbons (Fsp3) is 0.300. The minimum Gasteiger partial charge on any atom is -0.508 e. The van der Waals surface area contributed by atoms with Crippen molar-refractivity contribution >= 4 is 11.8 Å². The van der Waals surface area contributed by atoms with Crippen molar-refractivity contribution in [3.63, 3.8) is 0 Å². The summed E-state index contributed by atoms with van der Waals surface area (Å²) in [4.78, 5) is 12.9. The normalized spacial score (nSPS) is 20.5. The van der Waals surface area contributed by atoms with Gasteiger partial charge in [0.2, 0.25) is 0 Å². The van der Waals surface area contributed by atoms with Gasteiger partial charge in [-0.1, -0.05) is 0 Å². The van der Waals surface area contributed by atoms with Crippen LogP contribution in [-0.2, 0) is 4.74 Å². The minimum atomic E-state index is -0.392. The summed E-state index contributed by atoms with van der Waals surface area (Å²) in [5.41, 5.74) is 6.22. The molecule has 1 heterocycles. The predicted octanol–water partition coefficient (Wildman–Crippen LogP) is 0.676. The molecule has 0 spiro atoms. The van der Waals surface area contributed by atoms with Gasteiger partial charge in [0.05, 0.1) is 6.04 Å². The lowest BCUT2D eigenvalue weighted by Gasteiger charge is -2.19. The highest BCUT2D eigenvalue weighted by atomic mass is 16.6. The number of rotatable bonds is 2. The van der Waals surface area contributed by atoms with Gasteiger partial charge in [0.15, 0.2) is 0 Å². The molecule has 1 amide bonds. The van der Waals surface area contributed by atoms with E-state index in [4.69, 9.17) is 15.6 Å². The van der Waals surface area contributed by atoms with Crippen molar-refractivity contribution in [1.29, 1.82) is 0 Å². The second-order valence-corrected chi connectivity index (χ2v) is 3.35. The Bertz CT molecular complexity index is 363. The quantitative estimate of drug-likeness (QED) is 0.749. The summed E-state index contributed by atoms with van der Waals surface area (Å²) in [5.74, 6) is 0.163. The highest BCUT2D eigenvalue weighted by Gasteiger charge is 2.32. The molecule has 0 radical (unpaired) electrons. The van der Waals surface area contributed by atoms with E-state index in [-0.39, 0.29) is 11.8 Å². The van der Waals surface area contributed by atoms with Crippen molar-refractivity contribution in [2.75, 3.05) is 18.1 Å². The zero-order valence-corrected chi connectivity index (χ0v) is 8.09. The minimum absolute atomic E-state index is 0.123. The van der Waals surface area contributed by atoms with Crippen LogP contribution < -0.4 is 10.6 Å². The second kappa shape index (κ2) is 3.78. The number of ether oxygens (including phenoxy) is 1. The molecular formula is C10H12N2O3. The number of nitrogens with two attached hydrogens (primary N) is 1. The third-order valence-electron chi connectivity index (χ3n) is 2.36. The molecule has 1 aliphatic rings. The number of anilines is 1. The molecule has 0 aliphatic carbocycles. The average molecular weight is 208 g/mol. The van der Waals surface area contributed by atoms with Gasteiger partial charge < -0.3 is 15.6 Å². The van der Waals surface area contributed by atoms with Crippen LogP contribution in [0, 0.1) is 0 Å². The van der Waals surface area contributed by atoms with Crippen molar-refractivity contribution in [2.45, 2.75) is 6.04 Å². The lowest BCUT2D eigenvalue weighted by Crippen LogP contribution is -2.38. The van der Waals surface area contributed by atoms with E-state index in [1.165, 1.54) is 17.0 Å². The summed E-state index contributed by atoms with van der Waals surface area (Å²) in [6, 6.07) is 6.24. The van der Waals surface area contributed by atoms with Crippen LogP contribution in [0.15, 0.2) is 24.3 Å². The molecule has 15 heavy (non-hydrogen) atoms. The lowest BCUT2D eigenvalue weighted by molar-refractivity contribution is 0.179. The number of benzene rings is 1. The molecule has 0 bridgehead atoms. The topological polar surface area (TPSA) is 75.8 Å². The summed E-state index contributed by atoms with van der Waals surface area (Å²) >= 11 is 0. The monoisotopic (exact) mass is 208 g/mol. The molecule has 3 N–H and O–H groups in total. The van der Waals surface area contributed by atoms with Gasteiger partial charge in [-0.2, -0.15) is 0 Å². The van der Waals surface area contributed by atoms with E-state index in [1.54, 1.807) is 12.1 Å². The van der Waals surface area contributed by atoms with Crippen molar-refractivity contribution in [3.05, 3.63) is 24.3 Å². The van der Waals surface area contributed by atoms with E-state index >= 15 is 0 Å². The van der Waals surface area contributed by atoms with Crippen molar-refractivity contribution in [1.82, 2.24) is 0 Å². The number of amides is 1. The SMILES string of the molecule is NCC1COC(=O)N1c1ccc(O)cc1. The second-order valence-electron chi connectivity index (χ2n) is 3.35. The molecule has 2 rings (SSSR count). The number of phenolic OH excluding ortho intramolecular Hbond substituents is 1. The number of aromatic hydroxyl groups is 1. The molecule has 0 aromatic heterocycles. The van der Waals surface area contributed by atoms with E-state index in [0.29, 0.717) is 18.8 Å². The van der Waals surface area contributed by atoms with Gasteiger partial charge >= 0.3 is 6.09 Å². The van der Waals surface area contributed by atoms with Crippen LogP contribution in [0.2, 0.25) is 0 Å². The summed E-state index contributed by atoms with van der Waals surface area (Å²) in [6.07, 6.45) is -0.392. The van der Waals surface area contributed by atoms with Crippen LogP contribution in [-0.4, -0.2) is 30.4 Å². The number of cyclic esters (lactones) is 1. The number of carbonyl (C=O) groups excluding carboxylic acids is 1. The summed E-state index contributed by atoms with van der Waals surface area (Å²) in [6.45, 7) is 0.669. The molecular weight excluding hydrogens is 196 g/mol. The molecule has 1 aromatic carbocycles. The van der Waals surface area contributed by atoms with Gasteiger partial charge in [0.1, 0.15) is 12.4 Å². The average Bonchev–Trinajstić information content (AvgIpc) is 2.61. The first-order valence-electron chi connectivity index (χ1n) is 4.67. The van der Waals surface area contributed by atoms with Crippen LogP contribution in [0.25, 0.3) is 0 Å². The number of hydrogen-bond acceptors (Lipinski definition) is 4. The molecule has 80 valence electrons. The Morgan fingerprint density at radius 1 is 1.47 bits per heavy atom. The Balaban J connectivity index is 2.28. The Morgan fingerprint density at radius 2 is 2.13 bits per heavy atom. The van der Waals surface area contributed by atoms with Crippen molar-refractivity contribution in [2.24, 2.45) is 5.73 Å². The fourth-order valence-corrected chi connectivity index (χ4v) is 1.56. The smallest absolute Gasteiger partial charge is 0.414 e. The van der Waals surface area contributed by atoms with Gasteiger partial charge in [-0.05, 0) is 24.3 Å². The Labute approximate surface area is 87.1 Å². The maximum absolute atomic E-state index is 11.4. The van der Waals surface area contributed by atoms with Gasteiger partial charge in [-0.15, -0.1) is 0 Å². The first-order valence-corrected chi connectivity index (χ1v) is 4.67. The zero-order chi connectivity index (χ0) is 10.8. The lowest BCUT2D eigenvalue weighted by atomic mass is 10.2. The molecule has 5 nitrogen and oxygen atoms in total. The number of carbonyl (C=O) groups is 1. The molecule has 1 aromatic rings. The largest absolute Gasteiger partial charge is 0.508 e. The number of hydrogen-bond donors (Lipinski definition) is 2. The van der Waals surface area contributed by atoms with Crippen molar-refractivity contribution in [3.8, 4) is 5.75 Å². The van der Waals surface area contributed by atoms with Crippen LogP contribution >= 0.6 is 0 Å².